The van der Waals surface area contributed by atoms with E-state index in [9.17, 15) is 5.11 Å². The molecule has 47 valence electrons. The molecular formula is C7H13O. The van der Waals surface area contributed by atoms with Crippen molar-refractivity contribution in [3.63, 3.8) is 0 Å². The van der Waals surface area contributed by atoms with Gasteiger partial charge in [-0.1, -0.05) is 13.8 Å². The molecule has 0 aromatic heterocycles. The number of hydrogen-bond acceptors (Lipinski definition) is 0. The van der Waals surface area contributed by atoms with Crippen LogP contribution in [0.15, 0.2) is 0 Å². The predicted molar refractivity (Wildman–Crippen MR) is 32.1 cm³/mol. The highest BCUT2D eigenvalue weighted by molar-refractivity contribution is 4.80. The SMILES string of the molecule is CC1(C)CCC([O])C1. The van der Waals surface area contributed by atoms with Crippen molar-refractivity contribution in [1.29, 1.82) is 0 Å². The third-order valence-corrected chi connectivity index (χ3v) is 1.92. The van der Waals surface area contributed by atoms with E-state index in [0.29, 0.717) is 5.41 Å². The Morgan fingerprint density at radius 2 is 2.12 bits per heavy atom. The first-order valence-corrected chi connectivity index (χ1v) is 3.26. The summed E-state index contributed by atoms with van der Waals surface area (Å²) in [6, 6.07) is 0. The van der Waals surface area contributed by atoms with Gasteiger partial charge in [-0.2, -0.15) is 0 Å². The lowest BCUT2D eigenvalue weighted by Crippen LogP contribution is -2.06. The van der Waals surface area contributed by atoms with Gasteiger partial charge in [0.05, 0.1) is 6.10 Å². The maximum Gasteiger partial charge on any atom is 0.0935 e. The third kappa shape index (κ3) is 1.22. The third-order valence-electron chi connectivity index (χ3n) is 1.92. The van der Waals surface area contributed by atoms with Gasteiger partial charge in [0.1, 0.15) is 0 Å². The van der Waals surface area contributed by atoms with Gasteiger partial charge in [0.15, 0.2) is 0 Å². The summed E-state index contributed by atoms with van der Waals surface area (Å²) in [7, 11) is 0. The monoisotopic (exact) mass is 113 g/mol. The minimum Gasteiger partial charge on any atom is -0.233 e. The van der Waals surface area contributed by atoms with Crippen LogP contribution in [0.5, 0.6) is 0 Å². The minimum absolute atomic E-state index is 0.259. The lowest BCUT2D eigenvalue weighted by atomic mass is 9.92. The summed E-state index contributed by atoms with van der Waals surface area (Å²) in [4.78, 5) is 0. The average molecular weight is 113 g/mol. The molecule has 1 aliphatic carbocycles. The standard InChI is InChI=1S/C7H13O/c1-7(2)4-3-6(8)5-7/h6H,3-5H2,1-2H3. The van der Waals surface area contributed by atoms with Crippen LogP contribution in [0, 0.1) is 5.41 Å². The molecule has 0 aromatic carbocycles. The highest BCUT2D eigenvalue weighted by atomic mass is 16.3. The summed E-state index contributed by atoms with van der Waals surface area (Å²) in [5.74, 6) is 0. The van der Waals surface area contributed by atoms with E-state index in [2.05, 4.69) is 13.8 Å². The first-order valence-electron chi connectivity index (χ1n) is 3.26. The summed E-state index contributed by atoms with van der Waals surface area (Å²) in [6.07, 6.45) is 2.64. The number of rotatable bonds is 0. The Balaban J connectivity index is 2.44. The van der Waals surface area contributed by atoms with Gasteiger partial charge in [0.25, 0.3) is 0 Å². The smallest absolute Gasteiger partial charge is 0.0935 e. The quantitative estimate of drug-likeness (QED) is 0.458. The van der Waals surface area contributed by atoms with Gasteiger partial charge >= 0.3 is 0 Å². The van der Waals surface area contributed by atoms with Crippen molar-refractivity contribution >= 4 is 0 Å². The van der Waals surface area contributed by atoms with Crippen LogP contribution in [-0.4, -0.2) is 6.10 Å². The van der Waals surface area contributed by atoms with Crippen molar-refractivity contribution in [2.75, 3.05) is 0 Å². The Hall–Kier alpha value is -0.0400. The van der Waals surface area contributed by atoms with Gasteiger partial charge in [-0.25, -0.2) is 5.11 Å². The second-order valence-corrected chi connectivity index (χ2v) is 3.53. The molecule has 0 aromatic rings. The van der Waals surface area contributed by atoms with Crippen molar-refractivity contribution in [2.24, 2.45) is 5.41 Å². The molecule has 1 aliphatic rings. The highest BCUT2D eigenvalue weighted by Gasteiger charge is 2.30. The lowest BCUT2D eigenvalue weighted by Gasteiger charge is -2.14. The summed E-state index contributed by atoms with van der Waals surface area (Å²) in [5.41, 5.74) is 0.354. The van der Waals surface area contributed by atoms with Crippen LogP contribution in [-0.2, 0) is 5.11 Å². The van der Waals surface area contributed by atoms with Gasteiger partial charge in [-0.3, -0.25) is 0 Å². The molecule has 1 heteroatoms. The van der Waals surface area contributed by atoms with E-state index in [-0.39, 0.29) is 6.10 Å². The maximum atomic E-state index is 10.7. The van der Waals surface area contributed by atoms with Crippen molar-refractivity contribution in [1.82, 2.24) is 0 Å². The Kier molecular flexibility index (Phi) is 1.31. The van der Waals surface area contributed by atoms with Gasteiger partial charge < -0.3 is 0 Å². The van der Waals surface area contributed by atoms with Crippen LogP contribution in [0.2, 0.25) is 0 Å². The molecule has 1 nitrogen and oxygen atoms in total. The Bertz CT molecular complexity index is 86.4. The minimum atomic E-state index is -0.259. The average Bonchev–Trinajstić information content (AvgIpc) is 1.82. The molecule has 0 saturated heterocycles. The molecule has 0 bridgehead atoms. The predicted octanol–water partition coefficient (Wildman–Crippen LogP) is 2.00. The highest BCUT2D eigenvalue weighted by Crippen LogP contribution is 2.36. The molecule has 1 radical (unpaired) electrons. The Morgan fingerprint density at radius 3 is 2.25 bits per heavy atom. The molecule has 0 aliphatic heterocycles. The van der Waals surface area contributed by atoms with Gasteiger partial charge in [-0.15, -0.1) is 0 Å². The Labute approximate surface area is 50.7 Å². The van der Waals surface area contributed by atoms with Crippen molar-refractivity contribution in [3.8, 4) is 0 Å². The fourth-order valence-electron chi connectivity index (χ4n) is 1.37. The lowest BCUT2D eigenvalue weighted by molar-refractivity contribution is 0.0860. The van der Waals surface area contributed by atoms with E-state index in [1.54, 1.807) is 0 Å². The normalized spacial score (nSPS) is 35.6. The molecule has 0 N–H and O–H groups in total. The fraction of sp³-hybridized carbons (Fsp3) is 1.00. The Morgan fingerprint density at radius 1 is 1.50 bits per heavy atom. The second-order valence-electron chi connectivity index (χ2n) is 3.53. The van der Waals surface area contributed by atoms with E-state index >= 15 is 0 Å². The summed E-state index contributed by atoms with van der Waals surface area (Å²) in [5, 5.41) is 10.7. The molecule has 0 amide bonds. The van der Waals surface area contributed by atoms with Crippen LogP contribution in [0.25, 0.3) is 0 Å². The second kappa shape index (κ2) is 1.73. The first kappa shape index (κ1) is 6.09. The van der Waals surface area contributed by atoms with Gasteiger partial charge in [0.2, 0.25) is 0 Å². The van der Waals surface area contributed by atoms with Gasteiger partial charge in [0, 0.05) is 0 Å². The van der Waals surface area contributed by atoms with Crippen LogP contribution in [0.1, 0.15) is 33.1 Å². The first-order chi connectivity index (χ1) is 3.60. The van der Waals surface area contributed by atoms with E-state index in [4.69, 9.17) is 0 Å². The van der Waals surface area contributed by atoms with E-state index in [1.807, 2.05) is 0 Å². The molecule has 1 unspecified atom stereocenters. The van der Waals surface area contributed by atoms with Crippen LogP contribution >= 0.6 is 0 Å². The van der Waals surface area contributed by atoms with Crippen molar-refractivity contribution < 1.29 is 5.11 Å². The summed E-state index contributed by atoms with van der Waals surface area (Å²) in [6.45, 7) is 4.34. The molecule has 8 heavy (non-hydrogen) atoms. The molecule has 1 fully saturated rings. The summed E-state index contributed by atoms with van der Waals surface area (Å²) >= 11 is 0. The fourth-order valence-corrected chi connectivity index (χ4v) is 1.37. The van der Waals surface area contributed by atoms with E-state index < -0.39 is 0 Å². The van der Waals surface area contributed by atoms with Gasteiger partial charge in [-0.05, 0) is 24.7 Å². The molecule has 0 spiro atoms. The van der Waals surface area contributed by atoms with Crippen LogP contribution < -0.4 is 0 Å². The largest absolute Gasteiger partial charge is 0.233 e. The zero-order valence-electron chi connectivity index (χ0n) is 5.61. The molecule has 0 heterocycles. The van der Waals surface area contributed by atoms with Crippen molar-refractivity contribution in [3.05, 3.63) is 0 Å². The molecular weight excluding hydrogens is 100 g/mol. The summed E-state index contributed by atoms with van der Waals surface area (Å²) < 4.78 is 0. The zero-order valence-corrected chi connectivity index (χ0v) is 5.61. The van der Waals surface area contributed by atoms with Crippen LogP contribution in [0.3, 0.4) is 0 Å². The number of hydrogen-bond donors (Lipinski definition) is 0. The molecule has 1 rings (SSSR count). The van der Waals surface area contributed by atoms with E-state index in [0.717, 1.165) is 19.3 Å². The van der Waals surface area contributed by atoms with Crippen molar-refractivity contribution in [2.45, 2.75) is 39.2 Å². The molecule has 1 atom stereocenters. The van der Waals surface area contributed by atoms with E-state index in [1.165, 1.54) is 0 Å². The topological polar surface area (TPSA) is 19.9 Å². The zero-order chi connectivity index (χ0) is 6.20. The molecule has 1 saturated carbocycles. The maximum absolute atomic E-state index is 10.7. The van der Waals surface area contributed by atoms with Crippen LogP contribution in [0.4, 0.5) is 0 Å².